The summed E-state index contributed by atoms with van der Waals surface area (Å²) in [5.74, 6) is -0.512. The Hall–Kier alpha value is -3.89. The molecule has 0 spiro atoms. The number of hydrogen-bond acceptors (Lipinski definition) is 6. The Kier molecular flexibility index (Phi) is 9.49. The van der Waals surface area contributed by atoms with Crippen molar-refractivity contribution in [3.8, 4) is 16.9 Å². The largest absolute Gasteiger partial charge is 0.490 e. The molecule has 0 aromatic heterocycles. The second-order valence-corrected chi connectivity index (χ2v) is 10.9. The van der Waals surface area contributed by atoms with Gasteiger partial charge in [0.15, 0.2) is 0 Å². The first kappa shape index (κ1) is 28.7. The first-order chi connectivity index (χ1) is 17.9. The van der Waals surface area contributed by atoms with Crippen LogP contribution in [-0.4, -0.2) is 61.0 Å². The summed E-state index contributed by atoms with van der Waals surface area (Å²) >= 11 is 0. The van der Waals surface area contributed by atoms with E-state index in [0.29, 0.717) is 12.0 Å². The molecule has 3 rings (SSSR count). The van der Waals surface area contributed by atoms with Crippen molar-refractivity contribution >= 4 is 22.0 Å². The van der Waals surface area contributed by atoms with Gasteiger partial charge in [-0.05, 0) is 54.7 Å². The number of aliphatic hydroxyl groups excluding tert-OH is 1. The third-order valence-corrected chi connectivity index (χ3v) is 6.23. The highest BCUT2D eigenvalue weighted by atomic mass is 32.2. The second-order valence-electron chi connectivity index (χ2n) is 9.18. The van der Waals surface area contributed by atoms with E-state index < -0.39 is 28.1 Å². The molecule has 0 saturated heterocycles. The fraction of sp³-hybridized carbons (Fsp3) is 0.286. The maximum Gasteiger partial charge on any atom is 0.407 e. The van der Waals surface area contributed by atoms with Crippen LogP contribution < -0.4 is 9.46 Å². The predicted molar refractivity (Wildman–Crippen MR) is 145 cm³/mol. The van der Waals surface area contributed by atoms with E-state index in [1.54, 1.807) is 50.2 Å². The Bertz CT molecular complexity index is 1360. The fourth-order valence-electron chi connectivity index (χ4n) is 3.85. The molecule has 0 heterocycles. The van der Waals surface area contributed by atoms with Crippen LogP contribution in [0.4, 0.5) is 4.79 Å². The van der Waals surface area contributed by atoms with Gasteiger partial charge in [-0.1, -0.05) is 60.7 Å². The summed E-state index contributed by atoms with van der Waals surface area (Å²) in [5, 5.41) is 20.0. The predicted octanol–water partition coefficient (Wildman–Crippen LogP) is 4.09. The van der Waals surface area contributed by atoms with E-state index in [2.05, 4.69) is 0 Å². The van der Waals surface area contributed by atoms with E-state index in [1.165, 1.54) is 11.0 Å². The second kappa shape index (κ2) is 12.6. The first-order valence-corrected chi connectivity index (χ1v) is 13.9. The Labute approximate surface area is 222 Å². The molecule has 2 amide bonds. The van der Waals surface area contributed by atoms with Crippen molar-refractivity contribution in [2.24, 2.45) is 0 Å². The number of rotatable bonds is 11. The van der Waals surface area contributed by atoms with Crippen LogP contribution in [0.1, 0.15) is 41.4 Å². The standard InChI is InChI=1S/C28H32N2O7S/c1-19(2)37-26-17-23(13-14-24(26)27(32)29-38(3,35)36)21-11-9-20(10-12-21)15-16-30(28(33)34)18-25(31)22-7-5-4-6-8-22/h4-14,17,19,25,31H,15-16,18H2,1-3H3,(H,29,32)(H,33,34)/t25-/m1/s1. The van der Waals surface area contributed by atoms with E-state index in [4.69, 9.17) is 4.74 Å². The lowest BCUT2D eigenvalue weighted by Crippen LogP contribution is -2.35. The lowest BCUT2D eigenvalue weighted by Gasteiger charge is -2.22. The van der Waals surface area contributed by atoms with Crippen LogP contribution in [0.15, 0.2) is 72.8 Å². The average molecular weight is 541 g/mol. The summed E-state index contributed by atoms with van der Waals surface area (Å²) in [6.45, 7) is 3.79. The molecule has 10 heteroatoms. The van der Waals surface area contributed by atoms with Gasteiger partial charge in [-0.15, -0.1) is 0 Å². The Morgan fingerprint density at radius 3 is 2.18 bits per heavy atom. The molecule has 3 aromatic carbocycles. The van der Waals surface area contributed by atoms with Crippen molar-refractivity contribution in [2.45, 2.75) is 32.5 Å². The zero-order chi connectivity index (χ0) is 27.9. The van der Waals surface area contributed by atoms with Crippen molar-refractivity contribution in [3.63, 3.8) is 0 Å². The van der Waals surface area contributed by atoms with Crippen molar-refractivity contribution in [1.29, 1.82) is 0 Å². The minimum absolute atomic E-state index is 0.0324. The summed E-state index contributed by atoms with van der Waals surface area (Å²) in [4.78, 5) is 25.4. The first-order valence-electron chi connectivity index (χ1n) is 12.1. The molecule has 0 fully saturated rings. The molecule has 0 aliphatic heterocycles. The van der Waals surface area contributed by atoms with E-state index >= 15 is 0 Å². The van der Waals surface area contributed by atoms with Crippen molar-refractivity contribution in [1.82, 2.24) is 9.62 Å². The molecule has 0 bridgehead atoms. The minimum atomic E-state index is -3.73. The molecular weight excluding hydrogens is 508 g/mol. The normalized spacial score (nSPS) is 12.1. The average Bonchev–Trinajstić information content (AvgIpc) is 2.85. The molecule has 0 aliphatic carbocycles. The SMILES string of the molecule is CC(C)Oc1cc(-c2ccc(CCN(C[C@@H](O)c3ccccc3)C(=O)O)cc2)ccc1C(=O)NS(C)(=O)=O. The third-order valence-electron chi connectivity index (χ3n) is 5.67. The third kappa shape index (κ3) is 8.32. The number of benzene rings is 3. The molecule has 3 N–H and O–H groups in total. The number of carboxylic acid groups (broad SMARTS) is 1. The summed E-state index contributed by atoms with van der Waals surface area (Å²) in [5.41, 5.74) is 3.28. The summed E-state index contributed by atoms with van der Waals surface area (Å²) < 4.78 is 30.7. The maximum absolute atomic E-state index is 12.4. The number of carbonyl (C=O) groups is 2. The summed E-state index contributed by atoms with van der Waals surface area (Å²) in [7, 11) is -3.73. The molecule has 38 heavy (non-hydrogen) atoms. The number of nitrogens with zero attached hydrogens (tertiary/aromatic N) is 1. The molecule has 0 saturated carbocycles. The molecule has 202 valence electrons. The van der Waals surface area contributed by atoms with Crippen LogP contribution in [0.25, 0.3) is 11.1 Å². The highest BCUT2D eigenvalue weighted by Gasteiger charge is 2.19. The van der Waals surface area contributed by atoms with E-state index in [-0.39, 0.29) is 30.5 Å². The van der Waals surface area contributed by atoms with Crippen LogP contribution in [0, 0.1) is 0 Å². The lowest BCUT2D eigenvalue weighted by molar-refractivity contribution is 0.0970. The Morgan fingerprint density at radius 1 is 0.974 bits per heavy atom. The number of hydrogen-bond donors (Lipinski definition) is 3. The van der Waals surface area contributed by atoms with E-state index in [1.807, 2.05) is 35.1 Å². The molecule has 0 unspecified atom stereocenters. The lowest BCUT2D eigenvalue weighted by atomic mass is 10.0. The molecule has 3 aromatic rings. The van der Waals surface area contributed by atoms with Crippen molar-refractivity contribution in [2.75, 3.05) is 19.3 Å². The Balaban J connectivity index is 1.72. The monoisotopic (exact) mass is 540 g/mol. The van der Waals surface area contributed by atoms with Crippen LogP contribution >= 0.6 is 0 Å². The zero-order valence-electron chi connectivity index (χ0n) is 21.5. The molecule has 1 atom stereocenters. The summed E-state index contributed by atoms with van der Waals surface area (Å²) in [6, 6.07) is 21.4. The van der Waals surface area contributed by atoms with Gasteiger partial charge >= 0.3 is 6.09 Å². The maximum atomic E-state index is 12.4. The summed E-state index contributed by atoms with van der Waals surface area (Å²) in [6.07, 6.45) is -0.894. The van der Waals surface area contributed by atoms with Crippen LogP contribution in [0.2, 0.25) is 0 Å². The van der Waals surface area contributed by atoms with Gasteiger partial charge in [-0.25, -0.2) is 17.9 Å². The number of ether oxygens (including phenoxy) is 1. The van der Waals surface area contributed by atoms with Gasteiger partial charge in [0.1, 0.15) is 5.75 Å². The minimum Gasteiger partial charge on any atom is -0.490 e. The number of aliphatic hydroxyl groups is 1. The van der Waals surface area contributed by atoms with Gasteiger partial charge < -0.3 is 19.8 Å². The van der Waals surface area contributed by atoms with E-state index in [9.17, 15) is 28.2 Å². The van der Waals surface area contributed by atoms with Gasteiger partial charge in [-0.2, -0.15) is 0 Å². The Morgan fingerprint density at radius 2 is 1.61 bits per heavy atom. The van der Waals surface area contributed by atoms with Crippen LogP contribution in [-0.2, 0) is 16.4 Å². The number of carbonyl (C=O) groups excluding carboxylic acids is 1. The van der Waals surface area contributed by atoms with Gasteiger partial charge in [0.25, 0.3) is 5.91 Å². The number of nitrogens with one attached hydrogen (secondary N) is 1. The van der Waals surface area contributed by atoms with Gasteiger partial charge in [-0.3, -0.25) is 4.79 Å². The molecular formula is C28H32N2O7S. The van der Waals surface area contributed by atoms with Crippen molar-refractivity contribution < 1.29 is 33.0 Å². The highest BCUT2D eigenvalue weighted by molar-refractivity contribution is 7.89. The van der Waals surface area contributed by atoms with Crippen molar-refractivity contribution in [3.05, 3.63) is 89.5 Å². The molecule has 0 aliphatic rings. The highest BCUT2D eigenvalue weighted by Crippen LogP contribution is 2.29. The molecule has 0 radical (unpaired) electrons. The zero-order valence-corrected chi connectivity index (χ0v) is 22.3. The van der Waals surface area contributed by atoms with Crippen LogP contribution in [0.5, 0.6) is 5.75 Å². The van der Waals surface area contributed by atoms with Crippen LogP contribution in [0.3, 0.4) is 0 Å². The van der Waals surface area contributed by atoms with Gasteiger partial charge in [0, 0.05) is 6.54 Å². The van der Waals surface area contributed by atoms with Gasteiger partial charge in [0.05, 0.1) is 30.6 Å². The number of amides is 2. The fourth-order valence-corrected chi connectivity index (χ4v) is 4.29. The smallest absolute Gasteiger partial charge is 0.407 e. The van der Waals surface area contributed by atoms with Gasteiger partial charge in [0.2, 0.25) is 10.0 Å². The van der Waals surface area contributed by atoms with E-state index in [0.717, 1.165) is 22.9 Å². The number of sulfonamides is 1. The molecule has 9 nitrogen and oxygen atoms in total. The topological polar surface area (TPSA) is 133 Å². The quantitative estimate of drug-likeness (QED) is 0.334.